The van der Waals surface area contributed by atoms with Crippen LogP contribution in [-0.2, 0) is 0 Å². The molecule has 1 nitrogen and oxygen atoms in total. The van der Waals surface area contributed by atoms with Gasteiger partial charge in [0, 0.05) is 34.8 Å². The summed E-state index contributed by atoms with van der Waals surface area (Å²) in [6.45, 7) is 4.29. The number of fused-ring (bicyclic) bond motifs is 1. The third-order valence-electron chi connectivity index (χ3n) is 3.14. The topological polar surface area (TPSA) is 3.24 Å². The van der Waals surface area contributed by atoms with Gasteiger partial charge in [0.15, 0.2) is 0 Å². The van der Waals surface area contributed by atoms with Crippen molar-refractivity contribution in [1.82, 2.24) is 4.42 Å². The van der Waals surface area contributed by atoms with Crippen molar-refractivity contribution < 1.29 is 0 Å². The summed E-state index contributed by atoms with van der Waals surface area (Å²) < 4.78 is 1.72. The Morgan fingerprint density at radius 1 is 1.27 bits per heavy atom. The zero-order valence-corrected chi connectivity index (χ0v) is 10.3. The molecule has 1 heterocycles. The van der Waals surface area contributed by atoms with Crippen molar-refractivity contribution >= 4 is 29.1 Å². The van der Waals surface area contributed by atoms with Gasteiger partial charge in [0.05, 0.1) is 5.70 Å². The van der Waals surface area contributed by atoms with E-state index in [1.54, 1.807) is 9.95 Å². The highest BCUT2D eigenvalue weighted by Gasteiger charge is 2.30. The summed E-state index contributed by atoms with van der Waals surface area (Å²) in [5.41, 5.74) is 4.88. The lowest BCUT2D eigenvalue weighted by molar-refractivity contribution is 0.402. The Hall–Kier alpha value is -0.660. The molecule has 0 radical (unpaired) electrons. The highest BCUT2D eigenvalue weighted by Crippen LogP contribution is 2.40. The zero-order valence-electron chi connectivity index (χ0n) is 8.74. The molecule has 0 spiro atoms. The van der Waals surface area contributed by atoms with Crippen molar-refractivity contribution in [3.8, 4) is 0 Å². The van der Waals surface area contributed by atoms with Gasteiger partial charge in [0.25, 0.3) is 0 Å². The molecule has 1 aromatic carbocycles. The van der Waals surface area contributed by atoms with Crippen LogP contribution in [0.4, 0.5) is 0 Å². The van der Waals surface area contributed by atoms with Crippen LogP contribution in [0.3, 0.4) is 0 Å². The first kappa shape index (κ1) is 10.8. The SMILES string of the molecule is CC1c2ccccc2/C(=C/Cl)N(Cl)C1C. The van der Waals surface area contributed by atoms with E-state index in [1.165, 1.54) is 5.56 Å². The van der Waals surface area contributed by atoms with Crippen LogP contribution in [0.25, 0.3) is 5.70 Å². The van der Waals surface area contributed by atoms with E-state index >= 15 is 0 Å². The Balaban J connectivity index is 2.60. The van der Waals surface area contributed by atoms with Gasteiger partial charge < -0.3 is 0 Å². The Morgan fingerprint density at radius 3 is 2.60 bits per heavy atom. The van der Waals surface area contributed by atoms with Gasteiger partial charge in [-0.2, -0.15) is 0 Å². The number of nitrogens with zero attached hydrogens (tertiary/aromatic N) is 1. The molecule has 0 N–H and O–H groups in total. The number of halogens is 2. The van der Waals surface area contributed by atoms with Gasteiger partial charge in [0.2, 0.25) is 0 Å². The zero-order chi connectivity index (χ0) is 11.0. The maximum absolute atomic E-state index is 6.24. The fourth-order valence-corrected chi connectivity index (χ4v) is 2.60. The predicted molar refractivity (Wildman–Crippen MR) is 65.8 cm³/mol. The standard InChI is InChI=1S/C12H13Cl2N/c1-8-9(2)15(14)12(7-13)11-6-4-3-5-10(8)11/h3-9H,1-2H3/b12-7-. The molecule has 0 saturated heterocycles. The van der Waals surface area contributed by atoms with E-state index in [2.05, 4.69) is 32.0 Å². The molecule has 0 saturated carbocycles. The molecular formula is C12H13Cl2N. The van der Waals surface area contributed by atoms with E-state index < -0.39 is 0 Å². The van der Waals surface area contributed by atoms with E-state index in [0.29, 0.717) is 5.92 Å². The first-order chi connectivity index (χ1) is 7.16. The molecule has 3 heteroatoms. The van der Waals surface area contributed by atoms with Gasteiger partial charge in [-0.3, -0.25) is 4.42 Å². The molecule has 2 unspecified atom stereocenters. The van der Waals surface area contributed by atoms with Gasteiger partial charge in [-0.05, 0) is 12.5 Å². The first-order valence-corrected chi connectivity index (χ1v) is 5.79. The van der Waals surface area contributed by atoms with Crippen molar-refractivity contribution in [2.75, 3.05) is 0 Å². The van der Waals surface area contributed by atoms with Gasteiger partial charge >= 0.3 is 0 Å². The first-order valence-electron chi connectivity index (χ1n) is 5.01. The number of benzene rings is 1. The molecule has 2 atom stereocenters. The maximum Gasteiger partial charge on any atom is 0.0714 e. The van der Waals surface area contributed by atoms with E-state index in [-0.39, 0.29) is 6.04 Å². The van der Waals surface area contributed by atoms with Crippen molar-refractivity contribution in [3.05, 3.63) is 40.9 Å². The van der Waals surface area contributed by atoms with Gasteiger partial charge in [0.1, 0.15) is 0 Å². The maximum atomic E-state index is 6.24. The van der Waals surface area contributed by atoms with Crippen molar-refractivity contribution in [1.29, 1.82) is 0 Å². The van der Waals surface area contributed by atoms with E-state index in [0.717, 1.165) is 11.3 Å². The monoisotopic (exact) mass is 241 g/mol. The van der Waals surface area contributed by atoms with Crippen LogP contribution in [-0.4, -0.2) is 10.5 Å². The highest BCUT2D eigenvalue weighted by atomic mass is 35.5. The summed E-state index contributed by atoms with van der Waals surface area (Å²) in [5.74, 6) is 0.416. The second kappa shape index (κ2) is 4.07. The number of rotatable bonds is 0. The van der Waals surface area contributed by atoms with Crippen LogP contribution in [0.2, 0.25) is 0 Å². The van der Waals surface area contributed by atoms with E-state index in [4.69, 9.17) is 23.4 Å². The lowest BCUT2D eigenvalue weighted by Crippen LogP contribution is -2.33. The largest absolute Gasteiger partial charge is 0.280 e. The lowest BCUT2D eigenvalue weighted by atomic mass is 9.85. The molecule has 0 aliphatic carbocycles. The molecule has 1 aliphatic rings. The molecule has 15 heavy (non-hydrogen) atoms. The van der Waals surface area contributed by atoms with Crippen molar-refractivity contribution in [2.45, 2.75) is 25.8 Å². The molecular weight excluding hydrogens is 229 g/mol. The molecule has 80 valence electrons. The summed E-state index contributed by atoms with van der Waals surface area (Å²) >= 11 is 12.1. The molecule has 1 aromatic rings. The summed E-state index contributed by atoms with van der Waals surface area (Å²) in [6, 6.07) is 8.51. The molecule has 0 fully saturated rings. The average molecular weight is 242 g/mol. The minimum absolute atomic E-state index is 0.256. The van der Waals surface area contributed by atoms with Crippen LogP contribution in [0.5, 0.6) is 0 Å². The Labute approximate surface area is 100 Å². The smallest absolute Gasteiger partial charge is 0.0714 e. The van der Waals surface area contributed by atoms with Gasteiger partial charge in [-0.15, -0.1) is 0 Å². The quantitative estimate of drug-likeness (QED) is 0.616. The summed E-state index contributed by atoms with van der Waals surface area (Å²) in [4.78, 5) is 0. The second-order valence-corrected chi connectivity index (χ2v) is 4.50. The lowest BCUT2D eigenvalue weighted by Gasteiger charge is -2.37. The molecule has 1 aliphatic heterocycles. The van der Waals surface area contributed by atoms with Crippen LogP contribution in [0.15, 0.2) is 29.8 Å². The van der Waals surface area contributed by atoms with Crippen LogP contribution in [0.1, 0.15) is 30.9 Å². The molecule has 2 rings (SSSR count). The normalized spacial score (nSPS) is 28.0. The third-order valence-corrected chi connectivity index (χ3v) is 3.84. The molecule has 0 bridgehead atoms. The number of hydrogen-bond donors (Lipinski definition) is 0. The highest BCUT2D eigenvalue weighted by molar-refractivity contribution is 6.30. The van der Waals surface area contributed by atoms with Crippen molar-refractivity contribution in [3.63, 3.8) is 0 Å². The van der Waals surface area contributed by atoms with Crippen molar-refractivity contribution in [2.24, 2.45) is 0 Å². The fraction of sp³-hybridized carbons (Fsp3) is 0.333. The summed E-state index contributed by atoms with van der Waals surface area (Å²) in [5, 5.41) is 0. The van der Waals surface area contributed by atoms with Crippen LogP contribution in [0, 0.1) is 0 Å². The second-order valence-electron chi connectivity index (χ2n) is 3.92. The predicted octanol–water partition coefficient (Wildman–Crippen LogP) is 4.19. The van der Waals surface area contributed by atoms with E-state index in [9.17, 15) is 0 Å². The minimum Gasteiger partial charge on any atom is -0.280 e. The summed E-state index contributed by atoms with van der Waals surface area (Å²) in [6.07, 6.45) is 0. The van der Waals surface area contributed by atoms with E-state index in [1.807, 2.05) is 6.07 Å². The third kappa shape index (κ3) is 1.64. The Kier molecular flexibility index (Phi) is 2.94. The minimum atomic E-state index is 0.256. The Morgan fingerprint density at radius 2 is 1.93 bits per heavy atom. The molecule has 0 amide bonds. The average Bonchev–Trinajstić information content (AvgIpc) is 2.27. The van der Waals surface area contributed by atoms with Gasteiger partial charge in [-0.25, -0.2) is 0 Å². The van der Waals surface area contributed by atoms with Crippen LogP contribution < -0.4 is 0 Å². The molecule has 0 aromatic heterocycles. The van der Waals surface area contributed by atoms with Crippen LogP contribution >= 0.6 is 23.4 Å². The Bertz CT molecular complexity index is 400. The number of hydrogen-bond acceptors (Lipinski definition) is 1. The summed E-state index contributed by atoms with van der Waals surface area (Å²) in [7, 11) is 0. The fourth-order valence-electron chi connectivity index (χ4n) is 2.02. The van der Waals surface area contributed by atoms with Gasteiger partial charge in [-0.1, -0.05) is 42.8 Å².